The first-order chi connectivity index (χ1) is 8.75. The second-order valence-corrected chi connectivity index (χ2v) is 5.23. The summed E-state index contributed by atoms with van der Waals surface area (Å²) in [6.45, 7) is 3.79. The first-order valence-electron chi connectivity index (χ1n) is 6.65. The lowest BCUT2D eigenvalue weighted by atomic mass is 9.99. The Bertz CT molecular complexity index is 426. The van der Waals surface area contributed by atoms with E-state index >= 15 is 0 Å². The lowest BCUT2D eigenvalue weighted by Gasteiger charge is -2.35. The van der Waals surface area contributed by atoms with Gasteiger partial charge in [0, 0.05) is 43.9 Å². The van der Waals surface area contributed by atoms with E-state index in [1.165, 1.54) is 6.07 Å². The van der Waals surface area contributed by atoms with Crippen molar-refractivity contribution in [1.29, 1.82) is 0 Å². The summed E-state index contributed by atoms with van der Waals surface area (Å²) >= 11 is 0. The van der Waals surface area contributed by atoms with Crippen LogP contribution in [-0.2, 0) is 0 Å². The van der Waals surface area contributed by atoms with Gasteiger partial charge in [-0.2, -0.15) is 0 Å². The molecule has 0 spiro atoms. The maximum Gasteiger partial charge on any atom is 0.130 e. The molecule has 0 amide bonds. The van der Waals surface area contributed by atoms with E-state index in [4.69, 9.17) is 0 Å². The summed E-state index contributed by atoms with van der Waals surface area (Å²) in [5, 5.41) is 3.31. The molecule has 2 fully saturated rings. The molecule has 18 heavy (non-hydrogen) atoms. The van der Waals surface area contributed by atoms with Gasteiger partial charge in [-0.15, -0.1) is 0 Å². The number of nitrogens with one attached hydrogen (secondary N) is 1. The molecule has 1 saturated heterocycles. The predicted molar refractivity (Wildman–Crippen MR) is 66.3 cm³/mol. The van der Waals surface area contributed by atoms with Crippen molar-refractivity contribution in [2.45, 2.75) is 18.9 Å². The summed E-state index contributed by atoms with van der Waals surface area (Å²) in [5.41, 5.74) is 0.667. The SMILES string of the molecule is Fc1ccc([C@@H](C2CC2)N2CCNCC2)c(F)c1. The normalized spacial score (nSPS) is 23.0. The lowest BCUT2D eigenvalue weighted by Crippen LogP contribution is -2.45. The summed E-state index contributed by atoms with van der Waals surface area (Å²) < 4.78 is 27.0. The maximum atomic E-state index is 14.0. The molecule has 98 valence electrons. The third kappa shape index (κ3) is 2.40. The van der Waals surface area contributed by atoms with E-state index in [0.717, 1.165) is 45.1 Å². The lowest BCUT2D eigenvalue weighted by molar-refractivity contribution is 0.153. The molecule has 1 N–H and O–H groups in total. The fourth-order valence-electron chi connectivity index (χ4n) is 2.86. The Kier molecular flexibility index (Phi) is 3.31. The van der Waals surface area contributed by atoms with E-state index in [2.05, 4.69) is 10.2 Å². The molecule has 4 heteroatoms. The predicted octanol–water partition coefficient (Wildman–Crippen LogP) is 2.32. The Morgan fingerprint density at radius 1 is 1.17 bits per heavy atom. The van der Waals surface area contributed by atoms with Crippen LogP contribution in [0.25, 0.3) is 0 Å². The number of rotatable bonds is 3. The van der Waals surface area contributed by atoms with Crippen LogP contribution in [0.2, 0.25) is 0 Å². The summed E-state index contributed by atoms with van der Waals surface area (Å²) in [4.78, 5) is 2.34. The standard InChI is InChI=1S/C14H18F2N2/c15-11-3-4-12(13(16)9-11)14(10-1-2-10)18-7-5-17-6-8-18/h3-4,9-10,14,17H,1-2,5-8H2/t14-/m1/s1. The van der Waals surface area contributed by atoms with Crippen molar-refractivity contribution in [3.8, 4) is 0 Å². The number of piperazine rings is 1. The molecule has 2 nitrogen and oxygen atoms in total. The van der Waals surface area contributed by atoms with Crippen LogP contribution in [0, 0.1) is 17.6 Å². The quantitative estimate of drug-likeness (QED) is 0.888. The van der Waals surface area contributed by atoms with Gasteiger partial charge in [0.2, 0.25) is 0 Å². The summed E-state index contributed by atoms with van der Waals surface area (Å²) in [6.07, 6.45) is 2.32. The van der Waals surface area contributed by atoms with Gasteiger partial charge in [0.15, 0.2) is 0 Å². The van der Waals surface area contributed by atoms with Gasteiger partial charge in [-0.3, -0.25) is 4.90 Å². The maximum absolute atomic E-state index is 14.0. The molecule has 0 radical (unpaired) electrons. The van der Waals surface area contributed by atoms with Gasteiger partial charge in [0.25, 0.3) is 0 Å². The van der Waals surface area contributed by atoms with Crippen molar-refractivity contribution in [3.63, 3.8) is 0 Å². The van der Waals surface area contributed by atoms with Crippen molar-refractivity contribution in [2.75, 3.05) is 26.2 Å². The summed E-state index contributed by atoms with van der Waals surface area (Å²) in [6, 6.07) is 4.13. The Hall–Kier alpha value is -1.00. The van der Waals surface area contributed by atoms with Crippen LogP contribution in [0.4, 0.5) is 8.78 Å². The molecule has 1 heterocycles. The first kappa shape index (κ1) is 12.1. The average molecular weight is 252 g/mol. The molecule has 1 aliphatic heterocycles. The smallest absolute Gasteiger partial charge is 0.130 e. The number of halogens is 2. The monoisotopic (exact) mass is 252 g/mol. The third-order valence-corrected chi connectivity index (χ3v) is 3.89. The molecular formula is C14H18F2N2. The zero-order valence-electron chi connectivity index (χ0n) is 10.3. The van der Waals surface area contributed by atoms with E-state index in [-0.39, 0.29) is 6.04 Å². The van der Waals surface area contributed by atoms with E-state index in [1.807, 2.05) is 0 Å². The Labute approximate surface area is 106 Å². The van der Waals surface area contributed by atoms with Gasteiger partial charge in [-0.1, -0.05) is 6.07 Å². The van der Waals surface area contributed by atoms with E-state index in [9.17, 15) is 8.78 Å². The van der Waals surface area contributed by atoms with Crippen LogP contribution in [0.5, 0.6) is 0 Å². The summed E-state index contributed by atoms with van der Waals surface area (Å²) in [5.74, 6) is -0.348. The minimum atomic E-state index is -0.494. The Balaban J connectivity index is 1.88. The Morgan fingerprint density at radius 3 is 2.50 bits per heavy atom. The van der Waals surface area contributed by atoms with Gasteiger partial charge in [0.1, 0.15) is 11.6 Å². The van der Waals surface area contributed by atoms with Crippen molar-refractivity contribution in [3.05, 3.63) is 35.4 Å². The van der Waals surface area contributed by atoms with Crippen LogP contribution in [0.15, 0.2) is 18.2 Å². The molecule has 2 aliphatic rings. The largest absolute Gasteiger partial charge is 0.314 e. The number of hydrogen-bond acceptors (Lipinski definition) is 2. The van der Waals surface area contributed by atoms with Gasteiger partial charge >= 0.3 is 0 Å². The number of benzene rings is 1. The molecule has 0 bridgehead atoms. The zero-order chi connectivity index (χ0) is 12.5. The van der Waals surface area contributed by atoms with Gasteiger partial charge < -0.3 is 5.32 Å². The second-order valence-electron chi connectivity index (χ2n) is 5.23. The molecule has 0 aromatic heterocycles. The Morgan fingerprint density at radius 2 is 1.89 bits per heavy atom. The van der Waals surface area contributed by atoms with Crippen LogP contribution < -0.4 is 5.32 Å². The minimum Gasteiger partial charge on any atom is -0.314 e. The highest BCUT2D eigenvalue weighted by Gasteiger charge is 2.38. The van der Waals surface area contributed by atoms with Crippen molar-refractivity contribution >= 4 is 0 Å². The first-order valence-corrected chi connectivity index (χ1v) is 6.65. The van der Waals surface area contributed by atoms with Crippen LogP contribution >= 0.6 is 0 Å². The van der Waals surface area contributed by atoms with E-state index in [0.29, 0.717) is 11.5 Å². The molecule has 1 aromatic rings. The molecule has 1 saturated carbocycles. The molecule has 0 unspecified atom stereocenters. The number of hydrogen-bond donors (Lipinski definition) is 1. The second kappa shape index (κ2) is 4.94. The number of nitrogens with zero attached hydrogens (tertiary/aromatic N) is 1. The van der Waals surface area contributed by atoms with Crippen LogP contribution in [0.1, 0.15) is 24.4 Å². The molecule has 1 atom stereocenters. The van der Waals surface area contributed by atoms with Gasteiger partial charge in [-0.25, -0.2) is 8.78 Å². The minimum absolute atomic E-state index is 0.132. The zero-order valence-corrected chi connectivity index (χ0v) is 10.3. The molecule has 1 aromatic carbocycles. The molecule has 1 aliphatic carbocycles. The average Bonchev–Trinajstić information content (AvgIpc) is 3.18. The topological polar surface area (TPSA) is 15.3 Å². The highest BCUT2D eigenvalue weighted by Crippen LogP contribution is 2.45. The van der Waals surface area contributed by atoms with Gasteiger partial charge in [0.05, 0.1) is 0 Å². The van der Waals surface area contributed by atoms with Crippen molar-refractivity contribution in [1.82, 2.24) is 10.2 Å². The molecular weight excluding hydrogens is 234 g/mol. The third-order valence-electron chi connectivity index (χ3n) is 3.89. The summed E-state index contributed by atoms with van der Waals surface area (Å²) in [7, 11) is 0. The van der Waals surface area contributed by atoms with Crippen molar-refractivity contribution < 1.29 is 8.78 Å². The fourth-order valence-corrected chi connectivity index (χ4v) is 2.86. The van der Waals surface area contributed by atoms with Crippen LogP contribution in [0.3, 0.4) is 0 Å². The highest BCUT2D eigenvalue weighted by molar-refractivity contribution is 5.24. The van der Waals surface area contributed by atoms with E-state index in [1.54, 1.807) is 6.07 Å². The highest BCUT2D eigenvalue weighted by atomic mass is 19.1. The van der Waals surface area contributed by atoms with Gasteiger partial charge in [-0.05, 0) is 24.8 Å². The molecule has 3 rings (SSSR count). The van der Waals surface area contributed by atoms with E-state index < -0.39 is 11.6 Å². The fraction of sp³-hybridized carbons (Fsp3) is 0.571. The van der Waals surface area contributed by atoms with Crippen molar-refractivity contribution in [2.24, 2.45) is 5.92 Å². The van der Waals surface area contributed by atoms with Crippen LogP contribution in [-0.4, -0.2) is 31.1 Å².